The van der Waals surface area contributed by atoms with Gasteiger partial charge in [0.1, 0.15) is 10.8 Å². The van der Waals surface area contributed by atoms with Crippen molar-refractivity contribution in [1.29, 1.82) is 0 Å². The van der Waals surface area contributed by atoms with Crippen LogP contribution in [0, 0.1) is 0 Å². The Morgan fingerprint density at radius 1 is 1.26 bits per heavy atom. The highest BCUT2D eigenvalue weighted by atomic mass is 35.5. The van der Waals surface area contributed by atoms with E-state index in [1.165, 1.54) is 0 Å². The van der Waals surface area contributed by atoms with Gasteiger partial charge in [0.2, 0.25) is 5.91 Å². The summed E-state index contributed by atoms with van der Waals surface area (Å²) in [5.41, 5.74) is 0. The minimum Gasteiger partial charge on any atom is -0.492 e. The molecule has 0 saturated carbocycles. The van der Waals surface area contributed by atoms with Crippen molar-refractivity contribution in [2.75, 3.05) is 19.7 Å². The van der Waals surface area contributed by atoms with Crippen LogP contribution in [-0.4, -0.2) is 42.6 Å². The topological polar surface area (TPSA) is 41.6 Å². The third-order valence-electron chi connectivity index (χ3n) is 4.65. The Balaban J connectivity index is 1.47. The van der Waals surface area contributed by atoms with Gasteiger partial charge in [0.25, 0.3) is 0 Å². The molecule has 126 valence electrons. The third kappa shape index (κ3) is 3.93. The average molecular weight is 357 g/mol. The molecule has 1 amide bonds. The molecule has 2 saturated heterocycles. The molecular weight excluding hydrogens is 335 g/mol. The van der Waals surface area contributed by atoms with Crippen molar-refractivity contribution >= 4 is 29.1 Å². The number of ether oxygens (including phenoxy) is 1. The van der Waals surface area contributed by atoms with Crippen molar-refractivity contribution in [2.24, 2.45) is 0 Å². The van der Waals surface area contributed by atoms with Gasteiger partial charge in [-0.2, -0.15) is 0 Å². The van der Waals surface area contributed by atoms with Gasteiger partial charge in [-0.3, -0.25) is 4.79 Å². The van der Waals surface area contributed by atoms with Crippen molar-refractivity contribution < 1.29 is 9.53 Å². The lowest BCUT2D eigenvalue weighted by molar-refractivity contribution is -0.134. The van der Waals surface area contributed by atoms with Gasteiger partial charge in [-0.05, 0) is 44.4 Å². The number of nitrogens with zero attached hydrogens (tertiary/aromatic N) is 1. The lowest BCUT2D eigenvalue weighted by atomic mass is 10.1. The van der Waals surface area contributed by atoms with E-state index >= 15 is 0 Å². The van der Waals surface area contributed by atoms with E-state index in [1.807, 2.05) is 0 Å². The standard InChI is InChI=1S/C17H22Cl2N2O2/c18-14-3-1-4-15(17(14)19)23-10-2-5-16(22)21-12-6-7-13(21)11-20-9-8-12/h1,3-4,12-13,20H,2,5-11H2. The molecule has 3 rings (SSSR count). The van der Waals surface area contributed by atoms with Gasteiger partial charge in [-0.25, -0.2) is 0 Å². The van der Waals surface area contributed by atoms with Crippen LogP contribution in [0.1, 0.15) is 32.1 Å². The van der Waals surface area contributed by atoms with Gasteiger partial charge in [-0.15, -0.1) is 0 Å². The van der Waals surface area contributed by atoms with Crippen LogP contribution in [-0.2, 0) is 4.79 Å². The van der Waals surface area contributed by atoms with E-state index in [0.717, 1.165) is 32.4 Å². The van der Waals surface area contributed by atoms with E-state index in [-0.39, 0.29) is 5.91 Å². The number of nitrogens with one attached hydrogen (secondary N) is 1. The zero-order valence-corrected chi connectivity index (χ0v) is 14.6. The molecule has 2 heterocycles. The molecule has 0 radical (unpaired) electrons. The second-order valence-electron chi connectivity index (χ2n) is 6.18. The minimum atomic E-state index is 0.252. The molecule has 1 aromatic rings. The van der Waals surface area contributed by atoms with Crippen molar-refractivity contribution in [3.8, 4) is 5.75 Å². The first-order chi connectivity index (χ1) is 11.2. The van der Waals surface area contributed by atoms with E-state index in [9.17, 15) is 4.79 Å². The molecule has 0 spiro atoms. The predicted octanol–water partition coefficient (Wildman–Crippen LogP) is 3.51. The first-order valence-corrected chi connectivity index (χ1v) is 9.01. The Labute approximate surface area is 147 Å². The third-order valence-corrected chi connectivity index (χ3v) is 5.45. The number of halogens is 2. The fourth-order valence-electron chi connectivity index (χ4n) is 3.52. The van der Waals surface area contributed by atoms with Crippen LogP contribution >= 0.6 is 23.2 Å². The van der Waals surface area contributed by atoms with Gasteiger partial charge in [0.15, 0.2) is 0 Å². The van der Waals surface area contributed by atoms with Crippen LogP contribution < -0.4 is 10.1 Å². The van der Waals surface area contributed by atoms with Crippen LogP contribution in [0.4, 0.5) is 0 Å². The predicted molar refractivity (Wildman–Crippen MR) is 92.3 cm³/mol. The Morgan fingerprint density at radius 2 is 2.09 bits per heavy atom. The molecule has 1 N–H and O–H groups in total. The summed E-state index contributed by atoms with van der Waals surface area (Å²) in [7, 11) is 0. The molecular formula is C17H22Cl2N2O2. The monoisotopic (exact) mass is 356 g/mol. The number of rotatable bonds is 5. The van der Waals surface area contributed by atoms with E-state index in [0.29, 0.717) is 47.3 Å². The first kappa shape index (κ1) is 16.9. The van der Waals surface area contributed by atoms with E-state index in [4.69, 9.17) is 27.9 Å². The molecule has 0 aliphatic carbocycles. The van der Waals surface area contributed by atoms with Gasteiger partial charge in [-0.1, -0.05) is 29.3 Å². The highest BCUT2D eigenvalue weighted by Gasteiger charge is 2.37. The average Bonchev–Trinajstić information content (AvgIpc) is 2.80. The second-order valence-corrected chi connectivity index (χ2v) is 6.97. The maximum atomic E-state index is 12.5. The van der Waals surface area contributed by atoms with E-state index < -0.39 is 0 Å². The lowest BCUT2D eigenvalue weighted by Crippen LogP contribution is -2.42. The van der Waals surface area contributed by atoms with Crippen molar-refractivity contribution in [2.45, 2.75) is 44.2 Å². The molecule has 2 fully saturated rings. The zero-order valence-electron chi connectivity index (χ0n) is 13.1. The van der Waals surface area contributed by atoms with Crippen LogP contribution in [0.15, 0.2) is 18.2 Å². The van der Waals surface area contributed by atoms with Crippen LogP contribution in [0.3, 0.4) is 0 Å². The van der Waals surface area contributed by atoms with Gasteiger partial charge in [0, 0.05) is 25.0 Å². The number of carbonyl (C=O) groups is 1. The summed E-state index contributed by atoms with van der Waals surface area (Å²) >= 11 is 12.0. The summed E-state index contributed by atoms with van der Waals surface area (Å²) in [5.74, 6) is 0.827. The summed E-state index contributed by atoms with van der Waals surface area (Å²) in [6.45, 7) is 2.41. The van der Waals surface area contributed by atoms with Crippen LogP contribution in [0.25, 0.3) is 0 Å². The van der Waals surface area contributed by atoms with Crippen LogP contribution in [0.2, 0.25) is 10.0 Å². The minimum absolute atomic E-state index is 0.252. The molecule has 6 heteroatoms. The molecule has 2 bridgehead atoms. The van der Waals surface area contributed by atoms with E-state index in [2.05, 4.69) is 10.2 Å². The quantitative estimate of drug-likeness (QED) is 0.820. The Bertz CT molecular complexity index is 554. The molecule has 23 heavy (non-hydrogen) atoms. The summed E-state index contributed by atoms with van der Waals surface area (Å²) < 4.78 is 5.65. The van der Waals surface area contributed by atoms with E-state index in [1.54, 1.807) is 18.2 Å². The summed E-state index contributed by atoms with van der Waals surface area (Å²) in [5, 5.41) is 4.33. The number of benzene rings is 1. The summed E-state index contributed by atoms with van der Waals surface area (Å²) in [6.07, 6.45) is 4.54. The Hall–Kier alpha value is -0.970. The van der Waals surface area contributed by atoms with Gasteiger partial charge in [0.05, 0.1) is 11.6 Å². The Kier molecular flexibility index (Phi) is 5.67. The molecule has 2 unspecified atom stereocenters. The maximum absolute atomic E-state index is 12.5. The lowest BCUT2D eigenvalue weighted by Gasteiger charge is -2.28. The number of amides is 1. The fraction of sp³-hybridized carbons (Fsp3) is 0.588. The van der Waals surface area contributed by atoms with Gasteiger partial charge >= 0.3 is 0 Å². The highest BCUT2D eigenvalue weighted by molar-refractivity contribution is 6.42. The number of hydrogen-bond donors (Lipinski definition) is 1. The molecule has 4 nitrogen and oxygen atoms in total. The molecule has 2 atom stereocenters. The first-order valence-electron chi connectivity index (χ1n) is 8.25. The van der Waals surface area contributed by atoms with Crippen LogP contribution in [0.5, 0.6) is 5.75 Å². The number of fused-ring (bicyclic) bond motifs is 2. The highest BCUT2D eigenvalue weighted by Crippen LogP contribution is 2.32. The van der Waals surface area contributed by atoms with Crippen molar-refractivity contribution in [3.63, 3.8) is 0 Å². The zero-order chi connectivity index (χ0) is 16.2. The molecule has 2 aliphatic rings. The summed E-state index contributed by atoms with van der Waals surface area (Å²) in [4.78, 5) is 14.7. The number of carbonyl (C=O) groups excluding carboxylic acids is 1. The smallest absolute Gasteiger partial charge is 0.223 e. The molecule has 0 aromatic heterocycles. The van der Waals surface area contributed by atoms with Crippen molar-refractivity contribution in [1.82, 2.24) is 10.2 Å². The fourth-order valence-corrected chi connectivity index (χ4v) is 3.87. The Morgan fingerprint density at radius 3 is 2.96 bits per heavy atom. The molecule has 2 aliphatic heterocycles. The summed E-state index contributed by atoms with van der Waals surface area (Å²) in [6, 6.07) is 6.11. The molecule has 1 aromatic carbocycles. The largest absolute Gasteiger partial charge is 0.492 e. The SMILES string of the molecule is O=C(CCCOc1cccc(Cl)c1Cl)N1C2CCNCC1CC2. The van der Waals surface area contributed by atoms with Gasteiger partial charge < -0.3 is 15.0 Å². The van der Waals surface area contributed by atoms with Crippen molar-refractivity contribution in [3.05, 3.63) is 28.2 Å². The number of hydrogen-bond acceptors (Lipinski definition) is 3. The second kappa shape index (κ2) is 7.73. The normalized spacial score (nSPS) is 23.7. The maximum Gasteiger partial charge on any atom is 0.223 e.